The summed E-state index contributed by atoms with van der Waals surface area (Å²) >= 11 is 0. The molecule has 2 rings (SSSR count). The maximum absolute atomic E-state index is 4.66. The van der Waals surface area contributed by atoms with Gasteiger partial charge in [0.05, 0.1) is 0 Å². The van der Waals surface area contributed by atoms with Crippen LogP contribution < -0.4 is 10.2 Å². The van der Waals surface area contributed by atoms with E-state index in [0.29, 0.717) is 5.92 Å². The van der Waals surface area contributed by atoms with Gasteiger partial charge in [-0.2, -0.15) is 0 Å². The molecule has 1 aromatic rings. The molecule has 1 fully saturated rings. The van der Waals surface area contributed by atoms with Crippen LogP contribution in [0.2, 0.25) is 0 Å². The molecule has 0 spiro atoms. The molecule has 0 unspecified atom stereocenters. The monoisotopic (exact) mass is 290 g/mol. The van der Waals surface area contributed by atoms with E-state index in [1.54, 1.807) is 0 Å². The van der Waals surface area contributed by atoms with Crippen molar-refractivity contribution in [2.45, 2.75) is 39.8 Å². The van der Waals surface area contributed by atoms with Crippen LogP contribution in [0.1, 0.15) is 33.3 Å². The lowest BCUT2D eigenvalue weighted by atomic mass is 9.99. The Bertz CT molecular complexity index is 456. The van der Waals surface area contributed by atoms with Gasteiger partial charge in [0, 0.05) is 43.5 Å². The summed E-state index contributed by atoms with van der Waals surface area (Å²) in [7, 11) is 2.21. The molecule has 0 radical (unpaired) electrons. The Balaban J connectivity index is 2.09. The number of hydrogen-bond donors (Lipinski definition) is 1. The molecule has 0 atom stereocenters. The molecule has 1 aliphatic heterocycles. The third-order valence-corrected chi connectivity index (χ3v) is 4.35. The number of nitrogens with one attached hydrogen (secondary N) is 1. The van der Waals surface area contributed by atoms with E-state index in [0.717, 1.165) is 38.5 Å². The van der Waals surface area contributed by atoms with Crippen LogP contribution in [0.25, 0.3) is 0 Å². The number of rotatable bonds is 5. The fourth-order valence-electron chi connectivity index (χ4n) is 2.77. The summed E-state index contributed by atoms with van der Waals surface area (Å²) in [6.45, 7) is 14.2. The maximum Gasteiger partial charge on any atom is 0.133 e. The van der Waals surface area contributed by atoms with Crippen LogP contribution in [0.4, 0.5) is 5.82 Å². The number of pyridine rings is 1. The third kappa shape index (κ3) is 4.17. The van der Waals surface area contributed by atoms with Crippen molar-refractivity contribution >= 4 is 5.82 Å². The third-order valence-electron chi connectivity index (χ3n) is 4.35. The highest BCUT2D eigenvalue weighted by Gasteiger charge is 2.32. The number of piperazine rings is 1. The van der Waals surface area contributed by atoms with Crippen molar-refractivity contribution in [1.82, 2.24) is 15.2 Å². The molecule has 0 saturated carbocycles. The van der Waals surface area contributed by atoms with Crippen LogP contribution in [0.5, 0.6) is 0 Å². The van der Waals surface area contributed by atoms with Gasteiger partial charge in [0.2, 0.25) is 0 Å². The van der Waals surface area contributed by atoms with E-state index in [1.165, 1.54) is 5.56 Å². The molecule has 0 amide bonds. The second-order valence-electron chi connectivity index (χ2n) is 7.17. The molecule has 21 heavy (non-hydrogen) atoms. The SMILES string of the molecule is CC(C)CNCc1cccnc1N1CCN(C)C(C)(C)C1. The van der Waals surface area contributed by atoms with Gasteiger partial charge in [-0.1, -0.05) is 19.9 Å². The van der Waals surface area contributed by atoms with Crippen molar-refractivity contribution in [2.24, 2.45) is 5.92 Å². The Hall–Kier alpha value is -1.13. The molecule has 0 aromatic carbocycles. The van der Waals surface area contributed by atoms with Crippen molar-refractivity contribution in [2.75, 3.05) is 38.1 Å². The Labute approximate surface area is 129 Å². The molecule has 1 aliphatic rings. The normalized spacial score (nSPS) is 19.2. The van der Waals surface area contributed by atoms with Gasteiger partial charge in [-0.3, -0.25) is 4.90 Å². The van der Waals surface area contributed by atoms with Gasteiger partial charge < -0.3 is 10.2 Å². The number of anilines is 1. The first-order valence-electron chi connectivity index (χ1n) is 8.01. The lowest BCUT2D eigenvalue weighted by Gasteiger charge is -2.46. The Morgan fingerprint density at radius 2 is 2.10 bits per heavy atom. The van der Waals surface area contributed by atoms with Crippen LogP contribution in [0, 0.1) is 5.92 Å². The summed E-state index contributed by atoms with van der Waals surface area (Å²) in [5.74, 6) is 1.82. The predicted octanol–water partition coefficient (Wildman–Crippen LogP) is 2.36. The van der Waals surface area contributed by atoms with Crippen LogP contribution in [0.15, 0.2) is 18.3 Å². The molecule has 2 heterocycles. The molecule has 1 N–H and O–H groups in total. The Morgan fingerprint density at radius 3 is 2.76 bits per heavy atom. The minimum Gasteiger partial charge on any atom is -0.353 e. The molecule has 4 nitrogen and oxygen atoms in total. The lowest BCUT2D eigenvalue weighted by molar-refractivity contribution is 0.138. The average Bonchev–Trinajstić information content (AvgIpc) is 2.42. The zero-order chi connectivity index (χ0) is 15.5. The van der Waals surface area contributed by atoms with Gasteiger partial charge in [0.25, 0.3) is 0 Å². The highest BCUT2D eigenvalue weighted by Crippen LogP contribution is 2.25. The second kappa shape index (κ2) is 6.75. The van der Waals surface area contributed by atoms with E-state index in [4.69, 9.17) is 0 Å². The first-order chi connectivity index (χ1) is 9.90. The van der Waals surface area contributed by atoms with Gasteiger partial charge in [-0.15, -0.1) is 0 Å². The number of likely N-dealkylation sites (N-methyl/N-ethyl adjacent to an activating group) is 1. The van der Waals surface area contributed by atoms with E-state index in [9.17, 15) is 0 Å². The Kier molecular flexibility index (Phi) is 5.22. The summed E-state index contributed by atoms with van der Waals surface area (Å²) in [5, 5.41) is 3.53. The standard InChI is InChI=1S/C17H30N4/c1-14(2)11-18-12-15-7-6-8-19-16(15)21-10-9-20(5)17(3,4)13-21/h6-8,14,18H,9-13H2,1-5H3. The maximum atomic E-state index is 4.66. The van der Waals surface area contributed by atoms with Gasteiger partial charge in [-0.25, -0.2) is 4.98 Å². The molecular weight excluding hydrogens is 260 g/mol. The summed E-state index contributed by atoms with van der Waals surface area (Å²) < 4.78 is 0. The summed E-state index contributed by atoms with van der Waals surface area (Å²) in [6, 6.07) is 4.23. The first kappa shape index (κ1) is 16.2. The van der Waals surface area contributed by atoms with Gasteiger partial charge in [0.1, 0.15) is 5.82 Å². The zero-order valence-corrected chi connectivity index (χ0v) is 14.2. The van der Waals surface area contributed by atoms with E-state index < -0.39 is 0 Å². The minimum absolute atomic E-state index is 0.193. The van der Waals surface area contributed by atoms with E-state index in [-0.39, 0.29) is 5.54 Å². The number of hydrogen-bond acceptors (Lipinski definition) is 4. The fourth-order valence-corrected chi connectivity index (χ4v) is 2.77. The highest BCUT2D eigenvalue weighted by atomic mass is 15.3. The van der Waals surface area contributed by atoms with Crippen LogP contribution in [-0.4, -0.2) is 48.6 Å². The zero-order valence-electron chi connectivity index (χ0n) is 14.2. The molecule has 1 saturated heterocycles. The molecule has 0 bridgehead atoms. The summed E-state index contributed by atoms with van der Waals surface area (Å²) in [5.41, 5.74) is 1.50. The topological polar surface area (TPSA) is 31.4 Å². The number of aromatic nitrogens is 1. The van der Waals surface area contributed by atoms with E-state index in [1.807, 2.05) is 12.3 Å². The minimum atomic E-state index is 0.193. The molecule has 0 aliphatic carbocycles. The van der Waals surface area contributed by atoms with Gasteiger partial charge in [0.15, 0.2) is 0 Å². The van der Waals surface area contributed by atoms with Crippen molar-refractivity contribution in [1.29, 1.82) is 0 Å². The molecule has 4 heteroatoms. The Morgan fingerprint density at radius 1 is 1.33 bits per heavy atom. The smallest absolute Gasteiger partial charge is 0.133 e. The van der Waals surface area contributed by atoms with Gasteiger partial charge >= 0.3 is 0 Å². The molecule has 1 aromatic heterocycles. The van der Waals surface area contributed by atoms with Crippen LogP contribution in [-0.2, 0) is 6.54 Å². The van der Waals surface area contributed by atoms with E-state index >= 15 is 0 Å². The van der Waals surface area contributed by atoms with Crippen LogP contribution in [0.3, 0.4) is 0 Å². The fraction of sp³-hybridized carbons (Fsp3) is 0.706. The average molecular weight is 290 g/mol. The molecular formula is C17H30N4. The van der Waals surface area contributed by atoms with Gasteiger partial charge in [-0.05, 0) is 39.4 Å². The first-order valence-corrected chi connectivity index (χ1v) is 8.01. The molecule has 118 valence electrons. The second-order valence-corrected chi connectivity index (χ2v) is 7.17. The predicted molar refractivity (Wildman–Crippen MR) is 89.7 cm³/mol. The quantitative estimate of drug-likeness (QED) is 0.902. The summed E-state index contributed by atoms with van der Waals surface area (Å²) in [6.07, 6.45) is 1.91. The largest absolute Gasteiger partial charge is 0.353 e. The van der Waals surface area contributed by atoms with Crippen molar-refractivity contribution in [3.8, 4) is 0 Å². The lowest BCUT2D eigenvalue weighted by Crippen LogP contribution is -2.58. The number of nitrogens with zero attached hydrogens (tertiary/aromatic N) is 3. The van der Waals surface area contributed by atoms with Crippen molar-refractivity contribution < 1.29 is 0 Å². The van der Waals surface area contributed by atoms with E-state index in [2.05, 4.69) is 60.9 Å². The van der Waals surface area contributed by atoms with Crippen molar-refractivity contribution in [3.05, 3.63) is 23.9 Å². The van der Waals surface area contributed by atoms with Crippen molar-refractivity contribution in [3.63, 3.8) is 0 Å². The highest BCUT2D eigenvalue weighted by molar-refractivity contribution is 5.47. The summed E-state index contributed by atoms with van der Waals surface area (Å²) in [4.78, 5) is 9.53. The van der Waals surface area contributed by atoms with Crippen LogP contribution >= 0.6 is 0 Å².